The van der Waals surface area contributed by atoms with Crippen molar-refractivity contribution in [2.75, 3.05) is 44.2 Å². The molecule has 0 spiro atoms. The lowest BCUT2D eigenvalue weighted by Gasteiger charge is -2.38. The second-order valence-electron chi connectivity index (χ2n) is 6.52. The van der Waals surface area contributed by atoms with Crippen molar-refractivity contribution in [2.45, 2.75) is 32.7 Å². The number of amides is 1. The van der Waals surface area contributed by atoms with Gasteiger partial charge in [0.15, 0.2) is 0 Å². The first-order chi connectivity index (χ1) is 11.7. The van der Waals surface area contributed by atoms with Crippen LogP contribution in [0.15, 0.2) is 12.3 Å². The minimum absolute atomic E-state index is 0.172. The zero-order valence-electron chi connectivity index (χ0n) is 14.6. The van der Waals surface area contributed by atoms with Crippen LogP contribution < -0.4 is 15.0 Å². The van der Waals surface area contributed by atoms with Crippen molar-refractivity contribution >= 4 is 11.9 Å². The van der Waals surface area contributed by atoms with E-state index in [0.717, 1.165) is 45.6 Å². The van der Waals surface area contributed by atoms with Crippen molar-refractivity contribution in [3.63, 3.8) is 0 Å². The summed E-state index contributed by atoms with van der Waals surface area (Å²) in [6.45, 7) is 8.62. The summed E-state index contributed by atoms with van der Waals surface area (Å²) in [5, 5.41) is 3.41. The number of ether oxygens (including phenoxy) is 1. The number of carbonyl (C=O) groups excluding carboxylic acids is 1. The summed E-state index contributed by atoms with van der Waals surface area (Å²) < 4.78 is 5.44. The van der Waals surface area contributed by atoms with Gasteiger partial charge in [-0.05, 0) is 33.2 Å². The summed E-state index contributed by atoms with van der Waals surface area (Å²) in [5.74, 6) is 1.77. The lowest BCUT2D eigenvalue weighted by molar-refractivity contribution is -0.137. The third kappa shape index (κ3) is 3.95. The molecule has 2 fully saturated rings. The van der Waals surface area contributed by atoms with Crippen molar-refractivity contribution in [3.8, 4) is 5.88 Å². The quantitative estimate of drug-likeness (QED) is 0.883. The van der Waals surface area contributed by atoms with Gasteiger partial charge < -0.3 is 19.9 Å². The zero-order chi connectivity index (χ0) is 16.9. The molecule has 2 saturated heterocycles. The third-order valence-electron chi connectivity index (χ3n) is 4.76. The molecule has 2 aliphatic heterocycles. The van der Waals surface area contributed by atoms with Crippen LogP contribution >= 0.6 is 0 Å². The van der Waals surface area contributed by atoms with Crippen LogP contribution in [0.5, 0.6) is 5.88 Å². The molecule has 3 heterocycles. The molecule has 0 saturated carbocycles. The Kier molecular flexibility index (Phi) is 5.50. The maximum atomic E-state index is 12.7. The van der Waals surface area contributed by atoms with E-state index < -0.39 is 0 Å². The Hall–Kier alpha value is -1.89. The molecule has 0 bridgehead atoms. The third-order valence-corrected chi connectivity index (χ3v) is 4.76. The molecular formula is C17H27N5O2. The molecule has 0 unspecified atom stereocenters. The lowest BCUT2D eigenvalue weighted by Crippen LogP contribution is -2.52. The Bertz CT molecular complexity index is 560. The summed E-state index contributed by atoms with van der Waals surface area (Å²) in [7, 11) is 0. The normalized spacial score (nSPS) is 24.8. The SMILES string of the molecule is CCOc1ccnc(N2CCN(C(=O)[C@H]3CCN[C@@H](C)C3)CC2)n1. The summed E-state index contributed by atoms with van der Waals surface area (Å²) in [5.41, 5.74) is 0. The highest BCUT2D eigenvalue weighted by Crippen LogP contribution is 2.21. The number of nitrogens with one attached hydrogen (secondary N) is 1. The van der Waals surface area contributed by atoms with Crippen molar-refractivity contribution in [2.24, 2.45) is 5.92 Å². The maximum Gasteiger partial charge on any atom is 0.228 e. The molecule has 2 aliphatic rings. The fourth-order valence-electron chi connectivity index (χ4n) is 3.45. The van der Waals surface area contributed by atoms with Gasteiger partial charge in [0.2, 0.25) is 17.7 Å². The van der Waals surface area contributed by atoms with Crippen molar-refractivity contribution in [3.05, 3.63) is 12.3 Å². The van der Waals surface area contributed by atoms with Crippen LogP contribution in [0, 0.1) is 5.92 Å². The Morgan fingerprint density at radius 2 is 2.17 bits per heavy atom. The number of nitrogens with zero attached hydrogens (tertiary/aromatic N) is 4. The second-order valence-corrected chi connectivity index (χ2v) is 6.52. The average Bonchev–Trinajstić information content (AvgIpc) is 2.62. The van der Waals surface area contributed by atoms with E-state index in [0.29, 0.717) is 30.4 Å². The molecule has 1 aromatic rings. The molecule has 7 nitrogen and oxygen atoms in total. The van der Waals surface area contributed by atoms with Gasteiger partial charge in [-0.1, -0.05) is 0 Å². The van der Waals surface area contributed by atoms with Gasteiger partial charge in [0.1, 0.15) is 0 Å². The van der Waals surface area contributed by atoms with Gasteiger partial charge in [-0.25, -0.2) is 4.98 Å². The molecule has 2 atom stereocenters. The fraction of sp³-hybridized carbons (Fsp3) is 0.706. The number of carbonyl (C=O) groups is 1. The number of hydrogen-bond acceptors (Lipinski definition) is 6. The van der Waals surface area contributed by atoms with Crippen LogP contribution in [0.4, 0.5) is 5.95 Å². The minimum atomic E-state index is 0.172. The van der Waals surface area contributed by atoms with Gasteiger partial charge in [0, 0.05) is 50.4 Å². The Labute approximate surface area is 143 Å². The van der Waals surface area contributed by atoms with Crippen LogP contribution in [-0.4, -0.2) is 66.1 Å². The first kappa shape index (κ1) is 17.0. The van der Waals surface area contributed by atoms with Crippen LogP contribution in [0.3, 0.4) is 0 Å². The van der Waals surface area contributed by atoms with E-state index in [1.54, 1.807) is 12.3 Å². The number of anilines is 1. The number of hydrogen-bond donors (Lipinski definition) is 1. The summed E-state index contributed by atoms with van der Waals surface area (Å²) >= 11 is 0. The Balaban J connectivity index is 1.55. The standard InChI is InChI=1S/C17H27N5O2/c1-3-24-15-5-7-19-17(20-15)22-10-8-21(9-11-22)16(23)14-4-6-18-13(2)12-14/h5,7,13-14,18H,3-4,6,8-12H2,1-2H3/t13-,14-/m0/s1. The smallest absolute Gasteiger partial charge is 0.228 e. The van der Waals surface area contributed by atoms with E-state index in [1.807, 2.05) is 11.8 Å². The highest BCUT2D eigenvalue weighted by Gasteiger charge is 2.30. The van der Waals surface area contributed by atoms with Crippen LogP contribution in [0.2, 0.25) is 0 Å². The van der Waals surface area contributed by atoms with E-state index in [9.17, 15) is 4.79 Å². The topological polar surface area (TPSA) is 70.6 Å². The van der Waals surface area contributed by atoms with E-state index in [2.05, 4.69) is 27.1 Å². The van der Waals surface area contributed by atoms with Crippen LogP contribution in [-0.2, 0) is 4.79 Å². The zero-order valence-corrected chi connectivity index (χ0v) is 14.6. The van der Waals surface area contributed by atoms with Gasteiger partial charge in [-0.2, -0.15) is 4.98 Å². The molecule has 0 aliphatic carbocycles. The van der Waals surface area contributed by atoms with Crippen molar-refractivity contribution in [1.29, 1.82) is 0 Å². The van der Waals surface area contributed by atoms with Gasteiger partial charge in [-0.3, -0.25) is 4.79 Å². The molecule has 0 aromatic carbocycles. The summed E-state index contributed by atoms with van der Waals surface area (Å²) in [4.78, 5) is 25.6. The predicted molar refractivity (Wildman–Crippen MR) is 92.2 cm³/mol. The lowest BCUT2D eigenvalue weighted by atomic mass is 9.92. The second kappa shape index (κ2) is 7.79. The predicted octanol–water partition coefficient (Wildman–Crippen LogP) is 0.912. The average molecular weight is 333 g/mol. The first-order valence-electron chi connectivity index (χ1n) is 8.90. The van der Waals surface area contributed by atoms with Gasteiger partial charge >= 0.3 is 0 Å². The molecule has 7 heteroatoms. The van der Waals surface area contributed by atoms with E-state index in [-0.39, 0.29) is 5.92 Å². The molecule has 1 amide bonds. The van der Waals surface area contributed by atoms with Gasteiger partial charge in [0.25, 0.3) is 0 Å². The number of piperazine rings is 1. The Morgan fingerprint density at radius 3 is 2.88 bits per heavy atom. The van der Waals surface area contributed by atoms with Crippen LogP contribution in [0.25, 0.3) is 0 Å². The molecule has 0 radical (unpaired) electrons. The van der Waals surface area contributed by atoms with Crippen molar-refractivity contribution in [1.82, 2.24) is 20.2 Å². The molecule has 1 N–H and O–H groups in total. The summed E-state index contributed by atoms with van der Waals surface area (Å²) in [6.07, 6.45) is 3.61. The monoisotopic (exact) mass is 333 g/mol. The van der Waals surface area contributed by atoms with Gasteiger partial charge in [0.05, 0.1) is 6.61 Å². The number of piperidine rings is 1. The van der Waals surface area contributed by atoms with Crippen molar-refractivity contribution < 1.29 is 9.53 Å². The first-order valence-corrected chi connectivity index (χ1v) is 8.90. The summed E-state index contributed by atoms with van der Waals surface area (Å²) in [6, 6.07) is 2.20. The van der Waals surface area contributed by atoms with Gasteiger partial charge in [-0.15, -0.1) is 0 Å². The number of aromatic nitrogens is 2. The van der Waals surface area contributed by atoms with E-state index >= 15 is 0 Å². The Morgan fingerprint density at radius 1 is 1.38 bits per heavy atom. The largest absolute Gasteiger partial charge is 0.478 e. The fourth-order valence-corrected chi connectivity index (χ4v) is 3.45. The molecule has 132 valence electrons. The minimum Gasteiger partial charge on any atom is -0.478 e. The maximum absolute atomic E-state index is 12.7. The molecule has 24 heavy (non-hydrogen) atoms. The highest BCUT2D eigenvalue weighted by molar-refractivity contribution is 5.79. The number of rotatable bonds is 4. The molecule has 3 rings (SSSR count). The van der Waals surface area contributed by atoms with E-state index in [1.165, 1.54) is 0 Å². The molecular weight excluding hydrogens is 306 g/mol. The van der Waals surface area contributed by atoms with E-state index in [4.69, 9.17) is 4.74 Å². The van der Waals surface area contributed by atoms with Crippen LogP contribution in [0.1, 0.15) is 26.7 Å². The molecule has 1 aromatic heterocycles. The highest BCUT2D eigenvalue weighted by atomic mass is 16.5.